The molecule has 1 aromatic carbocycles. The molecule has 15 heavy (non-hydrogen) atoms. The quantitative estimate of drug-likeness (QED) is 0.775. The molecule has 0 saturated carbocycles. The van der Waals surface area contributed by atoms with E-state index in [9.17, 15) is 12.3 Å². The lowest BCUT2D eigenvalue weighted by Crippen LogP contribution is -1.99. The lowest BCUT2D eigenvalue weighted by atomic mass is 10.3. The first-order chi connectivity index (χ1) is 6.90. The number of hydrogen-bond donors (Lipinski definition) is 0. The van der Waals surface area contributed by atoms with Gasteiger partial charge in [0, 0.05) is 11.1 Å². The van der Waals surface area contributed by atoms with E-state index >= 15 is 0 Å². The Bertz CT molecular complexity index is 472. The van der Waals surface area contributed by atoms with E-state index < -0.39 is 15.1 Å². The van der Waals surface area contributed by atoms with Gasteiger partial charge >= 0.3 is 10.2 Å². The van der Waals surface area contributed by atoms with Gasteiger partial charge in [-0.15, -0.1) is 3.89 Å². The van der Waals surface area contributed by atoms with Crippen LogP contribution in [0.1, 0.15) is 0 Å². The Balaban J connectivity index is 3.57. The summed E-state index contributed by atoms with van der Waals surface area (Å²) in [6.45, 7) is 0. The van der Waals surface area contributed by atoms with Gasteiger partial charge in [-0.25, -0.2) is 0 Å². The average Bonchev–Trinajstić information content (AvgIpc) is 2.15. The zero-order chi connectivity index (χ0) is 11.6. The summed E-state index contributed by atoms with van der Waals surface area (Å²) in [6, 6.07) is 2.29. The van der Waals surface area contributed by atoms with Crippen molar-refractivity contribution in [3.05, 3.63) is 17.2 Å². The molecule has 0 fully saturated rings. The molecular weight excluding hydrogens is 247 g/mol. The van der Waals surface area contributed by atoms with Gasteiger partial charge in [0.15, 0.2) is 11.5 Å². The van der Waals surface area contributed by atoms with E-state index in [1.165, 1.54) is 20.3 Å². The fraction of sp³-hybridized carbons (Fsp3) is 0.250. The van der Waals surface area contributed by atoms with Crippen LogP contribution in [0.5, 0.6) is 11.5 Å². The van der Waals surface area contributed by atoms with Crippen LogP contribution < -0.4 is 9.47 Å². The maximum Gasteiger partial charge on any atom is 0.335 e. The lowest BCUT2D eigenvalue weighted by Gasteiger charge is -2.10. The summed E-state index contributed by atoms with van der Waals surface area (Å²) in [4.78, 5) is -0.644. The molecule has 0 aliphatic rings. The highest BCUT2D eigenvalue weighted by Gasteiger charge is 2.22. The topological polar surface area (TPSA) is 52.6 Å². The molecule has 1 aromatic rings. The van der Waals surface area contributed by atoms with Crippen molar-refractivity contribution in [3.8, 4) is 11.5 Å². The molecule has 0 radical (unpaired) electrons. The van der Waals surface area contributed by atoms with Crippen molar-refractivity contribution in [2.45, 2.75) is 4.90 Å². The standard InChI is InChI=1S/C8H8ClFO4S/c1-13-6-3-5(9)4-7(8(6)14-2)15(10,11)12/h3-4H,1-2H3. The molecule has 0 unspecified atom stereocenters. The van der Waals surface area contributed by atoms with Crippen LogP contribution in [0.15, 0.2) is 17.0 Å². The van der Waals surface area contributed by atoms with E-state index in [2.05, 4.69) is 0 Å². The Morgan fingerprint density at radius 3 is 2.27 bits per heavy atom. The van der Waals surface area contributed by atoms with Gasteiger partial charge in [0.25, 0.3) is 0 Å². The Morgan fingerprint density at radius 2 is 1.87 bits per heavy atom. The van der Waals surface area contributed by atoms with Crippen molar-refractivity contribution in [2.24, 2.45) is 0 Å². The summed E-state index contributed by atoms with van der Waals surface area (Å²) in [5.41, 5.74) is 0. The van der Waals surface area contributed by atoms with E-state index in [1.54, 1.807) is 0 Å². The molecule has 1 rings (SSSR count). The summed E-state index contributed by atoms with van der Waals surface area (Å²) >= 11 is 5.60. The zero-order valence-corrected chi connectivity index (χ0v) is 9.52. The molecule has 0 aliphatic heterocycles. The van der Waals surface area contributed by atoms with Crippen LogP contribution in [0.25, 0.3) is 0 Å². The van der Waals surface area contributed by atoms with Crippen LogP contribution in [0.4, 0.5) is 3.89 Å². The maximum absolute atomic E-state index is 12.8. The Labute approximate surface area is 91.8 Å². The third-order valence-corrected chi connectivity index (χ3v) is 2.72. The zero-order valence-electron chi connectivity index (χ0n) is 7.95. The van der Waals surface area contributed by atoms with Gasteiger partial charge in [-0.3, -0.25) is 0 Å². The third-order valence-electron chi connectivity index (χ3n) is 1.67. The van der Waals surface area contributed by atoms with Gasteiger partial charge in [-0.1, -0.05) is 11.6 Å². The highest BCUT2D eigenvalue weighted by molar-refractivity contribution is 7.86. The molecule has 0 spiro atoms. The molecule has 84 valence electrons. The van der Waals surface area contributed by atoms with E-state index in [-0.39, 0.29) is 16.5 Å². The van der Waals surface area contributed by atoms with Crippen molar-refractivity contribution in [1.82, 2.24) is 0 Å². The molecule has 7 heteroatoms. The van der Waals surface area contributed by atoms with E-state index in [4.69, 9.17) is 21.1 Å². The number of benzene rings is 1. The van der Waals surface area contributed by atoms with Gasteiger partial charge in [0.2, 0.25) is 0 Å². The lowest BCUT2D eigenvalue weighted by molar-refractivity contribution is 0.346. The number of hydrogen-bond acceptors (Lipinski definition) is 4. The normalized spacial score (nSPS) is 11.2. The Kier molecular flexibility index (Phi) is 3.41. The number of ether oxygens (including phenoxy) is 2. The van der Waals surface area contributed by atoms with Crippen LogP contribution in [-0.2, 0) is 10.2 Å². The summed E-state index contributed by atoms with van der Waals surface area (Å²) in [7, 11) is -2.39. The molecular formula is C8H8ClFO4S. The largest absolute Gasteiger partial charge is 0.493 e. The van der Waals surface area contributed by atoms with Crippen LogP contribution in [-0.4, -0.2) is 22.6 Å². The van der Waals surface area contributed by atoms with Gasteiger partial charge < -0.3 is 9.47 Å². The van der Waals surface area contributed by atoms with Crippen LogP contribution in [0.2, 0.25) is 5.02 Å². The summed E-state index contributed by atoms with van der Waals surface area (Å²) in [5.74, 6) is -0.148. The van der Waals surface area contributed by atoms with E-state index in [0.717, 1.165) is 6.07 Å². The molecule has 0 atom stereocenters. The van der Waals surface area contributed by atoms with Crippen molar-refractivity contribution in [1.29, 1.82) is 0 Å². The second-order valence-electron chi connectivity index (χ2n) is 2.58. The fourth-order valence-corrected chi connectivity index (χ4v) is 2.02. The number of methoxy groups -OCH3 is 2. The van der Waals surface area contributed by atoms with Gasteiger partial charge in [-0.2, -0.15) is 8.42 Å². The fourth-order valence-electron chi connectivity index (χ4n) is 1.08. The molecule has 0 N–H and O–H groups in total. The first-order valence-electron chi connectivity index (χ1n) is 3.76. The van der Waals surface area contributed by atoms with Gasteiger partial charge in [-0.05, 0) is 6.07 Å². The van der Waals surface area contributed by atoms with E-state index in [1.807, 2.05) is 0 Å². The summed E-state index contributed by atoms with van der Waals surface area (Å²) in [5, 5.41) is 0.0453. The third kappa shape index (κ3) is 2.51. The van der Waals surface area contributed by atoms with Gasteiger partial charge in [0.1, 0.15) is 4.90 Å². The molecule has 0 heterocycles. The highest BCUT2D eigenvalue weighted by Crippen LogP contribution is 2.37. The van der Waals surface area contributed by atoms with Gasteiger partial charge in [0.05, 0.1) is 14.2 Å². The first kappa shape index (κ1) is 12.1. The molecule has 0 aromatic heterocycles. The summed E-state index contributed by atoms with van der Waals surface area (Å²) in [6.07, 6.45) is 0. The second kappa shape index (κ2) is 4.24. The maximum atomic E-state index is 12.8. The predicted molar refractivity (Wildman–Crippen MR) is 52.8 cm³/mol. The monoisotopic (exact) mass is 254 g/mol. The van der Waals surface area contributed by atoms with Crippen molar-refractivity contribution in [2.75, 3.05) is 14.2 Å². The summed E-state index contributed by atoms with van der Waals surface area (Å²) < 4.78 is 43.9. The molecule has 0 bridgehead atoms. The first-order valence-corrected chi connectivity index (χ1v) is 5.52. The minimum absolute atomic E-state index is 0.0453. The van der Waals surface area contributed by atoms with Crippen LogP contribution in [0, 0.1) is 0 Å². The van der Waals surface area contributed by atoms with Crippen molar-refractivity contribution >= 4 is 21.8 Å². The minimum Gasteiger partial charge on any atom is -0.493 e. The smallest absolute Gasteiger partial charge is 0.335 e. The van der Waals surface area contributed by atoms with Crippen LogP contribution in [0.3, 0.4) is 0 Å². The average molecular weight is 255 g/mol. The second-order valence-corrected chi connectivity index (χ2v) is 4.33. The predicted octanol–water partition coefficient (Wildman–Crippen LogP) is 2.02. The van der Waals surface area contributed by atoms with Crippen LogP contribution >= 0.6 is 11.6 Å². The molecule has 0 saturated heterocycles. The Morgan fingerprint density at radius 1 is 1.27 bits per heavy atom. The van der Waals surface area contributed by atoms with Crippen molar-refractivity contribution in [3.63, 3.8) is 0 Å². The SMILES string of the molecule is COc1cc(Cl)cc(S(=O)(=O)F)c1OC. The minimum atomic E-state index is -4.89. The number of halogens is 2. The number of rotatable bonds is 3. The molecule has 0 aliphatic carbocycles. The van der Waals surface area contributed by atoms with E-state index in [0.29, 0.717) is 0 Å². The van der Waals surface area contributed by atoms with Crippen molar-refractivity contribution < 1.29 is 21.8 Å². The molecule has 0 amide bonds. The highest BCUT2D eigenvalue weighted by atomic mass is 35.5. The molecule has 4 nitrogen and oxygen atoms in total. The Hall–Kier alpha value is -1.01.